The molecule has 0 aliphatic heterocycles. The second kappa shape index (κ2) is 9.10. The summed E-state index contributed by atoms with van der Waals surface area (Å²) in [5.41, 5.74) is 1.03. The van der Waals surface area contributed by atoms with Crippen LogP contribution in [0.4, 0.5) is 0 Å². The maximum absolute atomic E-state index is 11.9. The molecular formula is C18H21NO3S. The molecule has 0 radical (unpaired) electrons. The molecular weight excluding hydrogens is 310 g/mol. The van der Waals surface area contributed by atoms with Crippen molar-refractivity contribution in [2.45, 2.75) is 18.4 Å². The average Bonchev–Trinajstić information content (AvgIpc) is 2.59. The number of ether oxygens (including phenoxy) is 2. The minimum Gasteiger partial charge on any atom is -0.497 e. The SMILES string of the molecule is CCOc1cccc(CNC(=O)CSc2ccc(OC)cc2)c1. The number of rotatable bonds is 8. The third kappa shape index (κ3) is 5.87. The lowest BCUT2D eigenvalue weighted by atomic mass is 10.2. The van der Waals surface area contributed by atoms with Crippen LogP contribution in [-0.2, 0) is 11.3 Å². The van der Waals surface area contributed by atoms with Gasteiger partial charge in [0.25, 0.3) is 0 Å². The Morgan fingerprint density at radius 1 is 1.13 bits per heavy atom. The molecule has 4 nitrogen and oxygen atoms in total. The monoisotopic (exact) mass is 331 g/mol. The van der Waals surface area contributed by atoms with Gasteiger partial charge in [0.1, 0.15) is 11.5 Å². The van der Waals surface area contributed by atoms with Crippen LogP contribution in [0.1, 0.15) is 12.5 Å². The highest BCUT2D eigenvalue weighted by molar-refractivity contribution is 8.00. The largest absolute Gasteiger partial charge is 0.497 e. The van der Waals surface area contributed by atoms with Crippen molar-refractivity contribution >= 4 is 17.7 Å². The zero-order valence-electron chi connectivity index (χ0n) is 13.4. The zero-order valence-corrected chi connectivity index (χ0v) is 14.2. The van der Waals surface area contributed by atoms with Crippen molar-refractivity contribution in [3.05, 3.63) is 54.1 Å². The lowest BCUT2D eigenvalue weighted by Crippen LogP contribution is -2.24. The predicted octanol–water partition coefficient (Wildman–Crippen LogP) is 3.50. The molecule has 0 aromatic heterocycles. The van der Waals surface area contributed by atoms with Crippen molar-refractivity contribution in [1.82, 2.24) is 5.32 Å². The van der Waals surface area contributed by atoms with Crippen LogP contribution >= 0.6 is 11.8 Å². The summed E-state index contributed by atoms with van der Waals surface area (Å²) in [6.45, 7) is 3.09. The van der Waals surface area contributed by atoms with Crippen LogP contribution in [-0.4, -0.2) is 25.4 Å². The topological polar surface area (TPSA) is 47.6 Å². The average molecular weight is 331 g/mol. The molecule has 2 aromatic rings. The van der Waals surface area contributed by atoms with Gasteiger partial charge in [-0.1, -0.05) is 12.1 Å². The van der Waals surface area contributed by atoms with Gasteiger partial charge in [0.05, 0.1) is 19.5 Å². The summed E-state index contributed by atoms with van der Waals surface area (Å²) in [5.74, 6) is 2.03. The van der Waals surface area contributed by atoms with Gasteiger partial charge in [-0.3, -0.25) is 4.79 Å². The number of thioether (sulfide) groups is 1. The number of nitrogens with one attached hydrogen (secondary N) is 1. The molecule has 0 spiro atoms. The first-order chi connectivity index (χ1) is 11.2. The van der Waals surface area contributed by atoms with Gasteiger partial charge in [0.15, 0.2) is 0 Å². The summed E-state index contributed by atoms with van der Waals surface area (Å²) in [6.07, 6.45) is 0. The maximum atomic E-state index is 11.9. The molecule has 0 saturated heterocycles. The van der Waals surface area contributed by atoms with Gasteiger partial charge in [-0.15, -0.1) is 11.8 Å². The molecule has 5 heteroatoms. The molecule has 0 atom stereocenters. The summed E-state index contributed by atoms with van der Waals surface area (Å²) >= 11 is 1.50. The fourth-order valence-electron chi connectivity index (χ4n) is 1.98. The van der Waals surface area contributed by atoms with Gasteiger partial charge in [-0.25, -0.2) is 0 Å². The van der Waals surface area contributed by atoms with Crippen molar-refractivity contribution < 1.29 is 14.3 Å². The standard InChI is InChI=1S/C18H21NO3S/c1-3-22-16-6-4-5-14(11-16)12-19-18(20)13-23-17-9-7-15(21-2)8-10-17/h4-11H,3,12-13H2,1-2H3,(H,19,20). The molecule has 0 fully saturated rings. The first kappa shape index (κ1) is 17.2. The number of hydrogen-bond donors (Lipinski definition) is 1. The predicted molar refractivity (Wildman–Crippen MR) is 93.2 cm³/mol. The number of methoxy groups -OCH3 is 1. The van der Waals surface area contributed by atoms with Crippen molar-refractivity contribution in [1.29, 1.82) is 0 Å². The van der Waals surface area contributed by atoms with E-state index in [0.717, 1.165) is 22.0 Å². The Bertz CT molecular complexity index is 628. The van der Waals surface area contributed by atoms with E-state index in [1.54, 1.807) is 7.11 Å². The Balaban J connectivity index is 1.77. The van der Waals surface area contributed by atoms with Crippen LogP contribution in [0.25, 0.3) is 0 Å². The van der Waals surface area contributed by atoms with Crippen molar-refractivity contribution in [3.8, 4) is 11.5 Å². The fraction of sp³-hybridized carbons (Fsp3) is 0.278. The summed E-state index contributed by atoms with van der Waals surface area (Å²) in [4.78, 5) is 13.0. The molecule has 2 rings (SSSR count). The molecule has 0 heterocycles. The van der Waals surface area contributed by atoms with Crippen LogP contribution in [0.3, 0.4) is 0 Å². The molecule has 122 valence electrons. The Kier molecular flexibility index (Phi) is 6.81. The van der Waals surface area contributed by atoms with Crippen LogP contribution < -0.4 is 14.8 Å². The molecule has 23 heavy (non-hydrogen) atoms. The first-order valence-corrected chi connectivity index (χ1v) is 8.45. The van der Waals surface area contributed by atoms with E-state index in [0.29, 0.717) is 18.9 Å². The van der Waals surface area contributed by atoms with E-state index in [-0.39, 0.29) is 5.91 Å². The third-order valence-corrected chi connectivity index (χ3v) is 4.14. The Hall–Kier alpha value is -2.14. The van der Waals surface area contributed by atoms with E-state index in [1.807, 2.05) is 55.5 Å². The van der Waals surface area contributed by atoms with Crippen molar-refractivity contribution in [2.75, 3.05) is 19.5 Å². The minimum atomic E-state index is 0.00707. The molecule has 0 bridgehead atoms. The highest BCUT2D eigenvalue weighted by atomic mass is 32.2. The zero-order chi connectivity index (χ0) is 16.5. The lowest BCUT2D eigenvalue weighted by Gasteiger charge is -2.08. The smallest absolute Gasteiger partial charge is 0.230 e. The van der Waals surface area contributed by atoms with Gasteiger partial charge in [0.2, 0.25) is 5.91 Å². The third-order valence-electron chi connectivity index (χ3n) is 3.13. The quantitative estimate of drug-likeness (QED) is 0.752. The van der Waals surface area contributed by atoms with E-state index in [2.05, 4.69) is 5.32 Å². The van der Waals surface area contributed by atoms with Gasteiger partial charge in [0, 0.05) is 11.4 Å². The van der Waals surface area contributed by atoms with E-state index in [4.69, 9.17) is 9.47 Å². The number of benzene rings is 2. The van der Waals surface area contributed by atoms with Crippen LogP contribution in [0.5, 0.6) is 11.5 Å². The number of carbonyl (C=O) groups is 1. The molecule has 2 aromatic carbocycles. The van der Waals surface area contributed by atoms with Gasteiger partial charge in [-0.05, 0) is 48.9 Å². The van der Waals surface area contributed by atoms with E-state index < -0.39 is 0 Å². The molecule has 1 amide bonds. The molecule has 0 aliphatic carbocycles. The number of hydrogen-bond acceptors (Lipinski definition) is 4. The summed E-state index contributed by atoms with van der Waals surface area (Å²) in [7, 11) is 1.64. The summed E-state index contributed by atoms with van der Waals surface area (Å²) < 4.78 is 10.6. The van der Waals surface area contributed by atoms with E-state index in [1.165, 1.54) is 11.8 Å². The lowest BCUT2D eigenvalue weighted by molar-refractivity contribution is -0.118. The van der Waals surface area contributed by atoms with Gasteiger partial charge >= 0.3 is 0 Å². The highest BCUT2D eigenvalue weighted by Crippen LogP contribution is 2.21. The van der Waals surface area contributed by atoms with Crippen LogP contribution in [0, 0.1) is 0 Å². The Morgan fingerprint density at radius 2 is 1.91 bits per heavy atom. The normalized spacial score (nSPS) is 10.2. The highest BCUT2D eigenvalue weighted by Gasteiger charge is 2.04. The van der Waals surface area contributed by atoms with E-state index >= 15 is 0 Å². The molecule has 0 unspecified atom stereocenters. The van der Waals surface area contributed by atoms with Crippen LogP contribution in [0.15, 0.2) is 53.4 Å². The summed E-state index contributed by atoms with van der Waals surface area (Å²) in [5, 5.41) is 2.92. The van der Waals surface area contributed by atoms with Gasteiger partial charge in [-0.2, -0.15) is 0 Å². The first-order valence-electron chi connectivity index (χ1n) is 7.46. The maximum Gasteiger partial charge on any atom is 0.230 e. The van der Waals surface area contributed by atoms with Crippen molar-refractivity contribution in [2.24, 2.45) is 0 Å². The fourth-order valence-corrected chi connectivity index (χ4v) is 2.71. The second-order valence-electron chi connectivity index (χ2n) is 4.82. The molecule has 1 N–H and O–H groups in total. The van der Waals surface area contributed by atoms with Crippen molar-refractivity contribution in [3.63, 3.8) is 0 Å². The number of carbonyl (C=O) groups excluding carboxylic acids is 1. The minimum absolute atomic E-state index is 0.00707. The summed E-state index contributed by atoms with van der Waals surface area (Å²) in [6, 6.07) is 15.4. The Labute approximate surface area is 141 Å². The van der Waals surface area contributed by atoms with Gasteiger partial charge < -0.3 is 14.8 Å². The molecule has 0 saturated carbocycles. The van der Waals surface area contributed by atoms with E-state index in [9.17, 15) is 4.79 Å². The second-order valence-corrected chi connectivity index (χ2v) is 5.87. The van der Waals surface area contributed by atoms with Crippen LogP contribution in [0.2, 0.25) is 0 Å². The molecule has 0 aliphatic rings. The Morgan fingerprint density at radius 3 is 2.61 bits per heavy atom. The number of amides is 1.